The number of rotatable bonds is 4. The van der Waals surface area contributed by atoms with E-state index in [1.54, 1.807) is 0 Å². The van der Waals surface area contributed by atoms with Crippen LogP contribution in [-0.2, 0) is 6.42 Å². The summed E-state index contributed by atoms with van der Waals surface area (Å²) in [6.45, 7) is 8.08. The highest BCUT2D eigenvalue weighted by Gasteiger charge is 2.11. The van der Waals surface area contributed by atoms with Crippen LogP contribution in [0.25, 0.3) is 0 Å². The van der Waals surface area contributed by atoms with E-state index in [2.05, 4.69) is 41.3 Å². The first-order valence-corrected chi connectivity index (χ1v) is 7.20. The van der Waals surface area contributed by atoms with Crippen molar-refractivity contribution in [2.75, 3.05) is 11.1 Å². The number of nitrogens with two attached hydrogens (primary N) is 1. The number of thiophene rings is 1. The summed E-state index contributed by atoms with van der Waals surface area (Å²) in [5.74, 6) is 2.09. The summed E-state index contributed by atoms with van der Waals surface area (Å²) in [6, 6.07) is 4.65. The average molecular weight is 276 g/mol. The van der Waals surface area contributed by atoms with Gasteiger partial charge in [-0.15, -0.1) is 11.3 Å². The molecule has 0 radical (unpaired) electrons. The Hall–Kier alpha value is -1.62. The number of aryl methyl sites for hydroxylation is 2. The molecule has 1 unspecified atom stereocenters. The molecule has 0 amide bonds. The van der Waals surface area contributed by atoms with E-state index in [1.165, 1.54) is 9.75 Å². The molecule has 5 heteroatoms. The largest absolute Gasteiger partial charge is 0.383 e. The molecule has 4 nitrogen and oxygen atoms in total. The zero-order chi connectivity index (χ0) is 14.0. The van der Waals surface area contributed by atoms with Crippen LogP contribution in [-0.4, -0.2) is 16.0 Å². The van der Waals surface area contributed by atoms with Crippen LogP contribution in [0.5, 0.6) is 0 Å². The van der Waals surface area contributed by atoms with Crippen LogP contribution in [0.15, 0.2) is 12.1 Å². The minimum Gasteiger partial charge on any atom is -0.383 e. The molecule has 0 spiro atoms. The Labute approximate surface area is 118 Å². The number of hydrogen-bond donors (Lipinski definition) is 2. The third-order valence-corrected chi connectivity index (χ3v) is 4.00. The van der Waals surface area contributed by atoms with E-state index in [9.17, 15) is 0 Å². The summed E-state index contributed by atoms with van der Waals surface area (Å²) in [7, 11) is 0. The van der Waals surface area contributed by atoms with Crippen molar-refractivity contribution >= 4 is 23.0 Å². The second-order valence-corrected chi connectivity index (χ2v) is 6.26. The lowest BCUT2D eigenvalue weighted by molar-refractivity contribution is 0.789. The van der Waals surface area contributed by atoms with Gasteiger partial charge in [-0.25, -0.2) is 9.97 Å². The maximum absolute atomic E-state index is 5.86. The monoisotopic (exact) mass is 276 g/mol. The molecule has 0 aliphatic rings. The molecule has 1 atom stereocenters. The zero-order valence-electron chi connectivity index (χ0n) is 11.8. The van der Waals surface area contributed by atoms with Crippen molar-refractivity contribution in [1.29, 1.82) is 0 Å². The highest BCUT2D eigenvalue weighted by molar-refractivity contribution is 7.11. The van der Waals surface area contributed by atoms with Gasteiger partial charge in [0.05, 0.1) is 0 Å². The van der Waals surface area contributed by atoms with Crippen molar-refractivity contribution in [1.82, 2.24) is 9.97 Å². The lowest BCUT2D eigenvalue weighted by Crippen LogP contribution is -2.20. The maximum atomic E-state index is 5.86. The molecule has 0 saturated carbocycles. The van der Waals surface area contributed by atoms with E-state index in [-0.39, 0.29) is 0 Å². The Morgan fingerprint density at radius 2 is 2.00 bits per heavy atom. The molecule has 3 N–H and O–H groups in total. The minimum absolute atomic E-state index is 0.311. The number of nitrogens with zero attached hydrogens (tertiary/aromatic N) is 2. The number of anilines is 2. The highest BCUT2D eigenvalue weighted by atomic mass is 32.1. The molecule has 2 rings (SSSR count). The predicted octanol–water partition coefficient (Wildman–Crippen LogP) is 3.09. The fraction of sp³-hybridized carbons (Fsp3) is 0.429. The van der Waals surface area contributed by atoms with E-state index < -0.39 is 0 Å². The van der Waals surface area contributed by atoms with Gasteiger partial charge in [-0.3, -0.25) is 0 Å². The van der Waals surface area contributed by atoms with Gasteiger partial charge in [0.2, 0.25) is 0 Å². The Bertz CT molecular complexity index is 577. The number of aromatic nitrogens is 2. The van der Waals surface area contributed by atoms with E-state index in [0.29, 0.717) is 17.7 Å². The van der Waals surface area contributed by atoms with E-state index in [1.807, 2.05) is 25.2 Å². The third-order valence-electron chi connectivity index (χ3n) is 2.98. The Morgan fingerprint density at radius 1 is 1.26 bits per heavy atom. The van der Waals surface area contributed by atoms with Crippen molar-refractivity contribution in [2.45, 2.75) is 40.2 Å². The van der Waals surface area contributed by atoms with Gasteiger partial charge in [-0.05, 0) is 39.8 Å². The van der Waals surface area contributed by atoms with Crippen LogP contribution in [0.3, 0.4) is 0 Å². The predicted molar refractivity (Wildman–Crippen MR) is 81.8 cm³/mol. The SMILES string of the molecule is Cc1nc(N)c(C)c(NC(C)Cc2ccc(C)s2)n1. The molecule has 0 aliphatic heterocycles. The van der Waals surface area contributed by atoms with Gasteiger partial charge in [0.25, 0.3) is 0 Å². The van der Waals surface area contributed by atoms with Gasteiger partial charge in [0.1, 0.15) is 17.5 Å². The van der Waals surface area contributed by atoms with E-state index in [0.717, 1.165) is 17.8 Å². The standard InChI is InChI=1S/C14H20N4S/c1-8(7-12-6-5-9(2)19-12)16-14-10(3)13(15)17-11(4)18-14/h5-6,8H,7H2,1-4H3,(H3,15,16,17,18). The molecule has 0 fully saturated rings. The lowest BCUT2D eigenvalue weighted by Gasteiger charge is -2.16. The summed E-state index contributed by atoms with van der Waals surface area (Å²) in [4.78, 5) is 11.3. The normalized spacial score (nSPS) is 12.4. The number of nitrogens with one attached hydrogen (secondary N) is 1. The summed E-state index contributed by atoms with van der Waals surface area (Å²) in [6.07, 6.45) is 0.987. The van der Waals surface area contributed by atoms with Gasteiger partial charge in [-0.1, -0.05) is 0 Å². The summed E-state index contributed by atoms with van der Waals surface area (Å²) in [5.41, 5.74) is 6.78. The van der Waals surface area contributed by atoms with Crippen molar-refractivity contribution in [3.63, 3.8) is 0 Å². The Kier molecular flexibility index (Phi) is 4.04. The maximum Gasteiger partial charge on any atom is 0.134 e. The topological polar surface area (TPSA) is 63.8 Å². The second kappa shape index (κ2) is 5.57. The first-order chi connectivity index (χ1) is 8.95. The van der Waals surface area contributed by atoms with Crippen LogP contribution < -0.4 is 11.1 Å². The first kappa shape index (κ1) is 13.8. The molecular weight excluding hydrogens is 256 g/mol. The van der Waals surface area contributed by atoms with Crippen molar-refractivity contribution in [3.8, 4) is 0 Å². The number of hydrogen-bond acceptors (Lipinski definition) is 5. The molecule has 2 aromatic rings. The van der Waals surface area contributed by atoms with Crippen LogP contribution in [0, 0.1) is 20.8 Å². The summed E-state index contributed by atoms with van der Waals surface area (Å²) in [5, 5.41) is 3.43. The Morgan fingerprint density at radius 3 is 2.63 bits per heavy atom. The fourth-order valence-electron chi connectivity index (χ4n) is 1.97. The quantitative estimate of drug-likeness (QED) is 0.900. The zero-order valence-corrected chi connectivity index (χ0v) is 12.6. The molecule has 0 aliphatic carbocycles. The Balaban J connectivity index is 2.08. The van der Waals surface area contributed by atoms with Gasteiger partial charge in [0, 0.05) is 27.8 Å². The molecule has 0 aromatic carbocycles. The third kappa shape index (κ3) is 3.44. The van der Waals surface area contributed by atoms with E-state index in [4.69, 9.17) is 5.73 Å². The lowest BCUT2D eigenvalue weighted by atomic mass is 10.2. The van der Waals surface area contributed by atoms with Crippen LogP contribution in [0.4, 0.5) is 11.6 Å². The van der Waals surface area contributed by atoms with Crippen molar-refractivity contribution < 1.29 is 0 Å². The van der Waals surface area contributed by atoms with Crippen LogP contribution in [0.1, 0.15) is 28.1 Å². The van der Waals surface area contributed by atoms with Crippen LogP contribution in [0.2, 0.25) is 0 Å². The first-order valence-electron chi connectivity index (χ1n) is 6.38. The number of nitrogen functional groups attached to an aromatic ring is 1. The van der Waals surface area contributed by atoms with Crippen LogP contribution >= 0.6 is 11.3 Å². The molecule has 2 aromatic heterocycles. The van der Waals surface area contributed by atoms with Crippen molar-refractivity contribution in [3.05, 3.63) is 33.3 Å². The molecule has 0 bridgehead atoms. The summed E-state index contributed by atoms with van der Waals surface area (Å²) < 4.78 is 0. The van der Waals surface area contributed by atoms with Crippen molar-refractivity contribution in [2.24, 2.45) is 0 Å². The minimum atomic E-state index is 0.311. The van der Waals surface area contributed by atoms with E-state index >= 15 is 0 Å². The van der Waals surface area contributed by atoms with Gasteiger partial charge in [0.15, 0.2) is 0 Å². The van der Waals surface area contributed by atoms with Gasteiger partial charge < -0.3 is 11.1 Å². The molecule has 2 heterocycles. The highest BCUT2D eigenvalue weighted by Crippen LogP contribution is 2.21. The molecule has 19 heavy (non-hydrogen) atoms. The summed E-state index contributed by atoms with van der Waals surface area (Å²) >= 11 is 1.84. The van der Waals surface area contributed by atoms with Gasteiger partial charge in [-0.2, -0.15) is 0 Å². The molecule has 102 valence electrons. The smallest absolute Gasteiger partial charge is 0.134 e. The molecule has 0 saturated heterocycles. The average Bonchev–Trinajstić information content (AvgIpc) is 2.70. The van der Waals surface area contributed by atoms with Gasteiger partial charge >= 0.3 is 0 Å². The fourth-order valence-corrected chi connectivity index (χ4v) is 2.99. The molecular formula is C14H20N4S. The second-order valence-electron chi connectivity index (χ2n) is 4.89.